The van der Waals surface area contributed by atoms with Crippen molar-refractivity contribution >= 4 is 22.9 Å². The Labute approximate surface area is 123 Å². The van der Waals surface area contributed by atoms with Gasteiger partial charge in [-0.15, -0.1) is 0 Å². The number of nitrogens with zero attached hydrogens (tertiary/aromatic N) is 5. The molecule has 1 N–H and O–H groups in total. The first-order valence-corrected chi connectivity index (χ1v) is 6.76. The lowest BCUT2D eigenvalue weighted by Crippen LogP contribution is -2.14. The minimum absolute atomic E-state index is 0.643. The third-order valence-corrected chi connectivity index (χ3v) is 3.39. The lowest BCUT2D eigenvalue weighted by atomic mass is 10.2. The van der Waals surface area contributed by atoms with Crippen molar-refractivity contribution in [1.82, 2.24) is 19.5 Å². The van der Waals surface area contributed by atoms with Crippen LogP contribution in [0.3, 0.4) is 0 Å². The third-order valence-electron chi connectivity index (χ3n) is 3.39. The van der Waals surface area contributed by atoms with Crippen LogP contribution in [-0.2, 0) is 7.05 Å². The van der Waals surface area contributed by atoms with Crippen molar-refractivity contribution in [2.75, 3.05) is 31.4 Å². The number of anilines is 2. The first-order valence-electron chi connectivity index (χ1n) is 6.76. The Bertz CT molecular complexity index is 776. The van der Waals surface area contributed by atoms with Crippen molar-refractivity contribution in [3.63, 3.8) is 0 Å². The predicted molar refractivity (Wildman–Crippen MR) is 85.6 cm³/mol. The number of hydrogen-bond donors (Lipinski definition) is 1. The second kappa shape index (κ2) is 5.05. The van der Waals surface area contributed by atoms with E-state index in [-0.39, 0.29) is 0 Å². The predicted octanol–water partition coefficient (Wildman–Crippen LogP) is 2.14. The molecule has 2 aromatic heterocycles. The van der Waals surface area contributed by atoms with E-state index < -0.39 is 0 Å². The SMILES string of the molecule is CNc1nc(N(C)C)nc2nc(-c3ccccc3)n(C)c12. The molecule has 0 aliphatic rings. The molecule has 108 valence electrons. The van der Waals surface area contributed by atoms with E-state index in [4.69, 9.17) is 0 Å². The Morgan fingerprint density at radius 2 is 1.76 bits per heavy atom. The van der Waals surface area contributed by atoms with Crippen molar-refractivity contribution in [1.29, 1.82) is 0 Å². The van der Waals surface area contributed by atoms with Gasteiger partial charge in [0, 0.05) is 33.8 Å². The van der Waals surface area contributed by atoms with Crippen molar-refractivity contribution in [2.24, 2.45) is 7.05 Å². The zero-order chi connectivity index (χ0) is 15.0. The summed E-state index contributed by atoms with van der Waals surface area (Å²) in [5.74, 6) is 2.30. The molecular weight excluding hydrogens is 264 g/mol. The summed E-state index contributed by atoms with van der Waals surface area (Å²) in [7, 11) is 7.68. The van der Waals surface area contributed by atoms with Gasteiger partial charge in [-0.2, -0.15) is 9.97 Å². The largest absolute Gasteiger partial charge is 0.371 e. The fourth-order valence-corrected chi connectivity index (χ4v) is 2.32. The van der Waals surface area contributed by atoms with Gasteiger partial charge in [-0.3, -0.25) is 0 Å². The molecule has 3 rings (SSSR count). The first kappa shape index (κ1) is 13.4. The molecule has 3 aromatic rings. The van der Waals surface area contributed by atoms with E-state index in [1.54, 1.807) is 0 Å². The Morgan fingerprint density at radius 1 is 1.05 bits per heavy atom. The van der Waals surface area contributed by atoms with Crippen LogP contribution in [0.5, 0.6) is 0 Å². The van der Waals surface area contributed by atoms with E-state index in [0.29, 0.717) is 11.6 Å². The second-order valence-electron chi connectivity index (χ2n) is 5.05. The lowest BCUT2D eigenvalue weighted by Gasteiger charge is -2.12. The van der Waals surface area contributed by atoms with E-state index in [1.165, 1.54) is 0 Å². The van der Waals surface area contributed by atoms with Crippen LogP contribution in [0, 0.1) is 0 Å². The maximum absolute atomic E-state index is 4.68. The van der Waals surface area contributed by atoms with Crippen LogP contribution in [0.25, 0.3) is 22.6 Å². The van der Waals surface area contributed by atoms with Gasteiger partial charge >= 0.3 is 0 Å². The molecule has 0 fully saturated rings. The maximum atomic E-state index is 4.68. The normalized spacial score (nSPS) is 10.9. The Balaban J connectivity index is 2.29. The van der Waals surface area contributed by atoms with Crippen LogP contribution >= 0.6 is 0 Å². The zero-order valence-electron chi connectivity index (χ0n) is 12.6. The van der Waals surface area contributed by atoms with Gasteiger partial charge in [-0.25, -0.2) is 4.98 Å². The summed E-state index contributed by atoms with van der Waals surface area (Å²) in [5, 5.41) is 3.13. The molecule has 6 heteroatoms. The van der Waals surface area contributed by atoms with E-state index in [2.05, 4.69) is 20.3 Å². The first-order chi connectivity index (χ1) is 10.1. The summed E-state index contributed by atoms with van der Waals surface area (Å²) in [4.78, 5) is 15.6. The number of aromatic nitrogens is 4. The lowest BCUT2D eigenvalue weighted by molar-refractivity contribution is 0.953. The van der Waals surface area contributed by atoms with Crippen LogP contribution in [0.2, 0.25) is 0 Å². The molecule has 1 aromatic carbocycles. The van der Waals surface area contributed by atoms with Crippen molar-refractivity contribution < 1.29 is 0 Å². The summed E-state index contributed by atoms with van der Waals surface area (Å²) < 4.78 is 2.02. The number of benzene rings is 1. The molecule has 0 unspecified atom stereocenters. The number of hydrogen-bond acceptors (Lipinski definition) is 5. The van der Waals surface area contributed by atoms with Crippen LogP contribution in [0.1, 0.15) is 0 Å². The van der Waals surface area contributed by atoms with Crippen LogP contribution in [-0.4, -0.2) is 40.7 Å². The number of aryl methyl sites for hydroxylation is 1. The highest BCUT2D eigenvalue weighted by Crippen LogP contribution is 2.27. The fourth-order valence-electron chi connectivity index (χ4n) is 2.32. The average molecular weight is 282 g/mol. The Hall–Kier alpha value is -2.63. The van der Waals surface area contributed by atoms with E-state index >= 15 is 0 Å². The third kappa shape index (κ3) is 2.18. The average Bonchev–Trinajstić information content (AvgIpc) is 2.84. The van der Waals surface area contributed by atoms with Gasteiger partial charge in [0.1, 0.15) is 11.3 Å². The standard InChI is InChI=1S/C15H18N6/c1-16-12-11-13(19-15(18-12)20(2)3)17-14(21(11)4)10-8-6-5-7-9-10/h5-9H,1-4H3,(H,16,18,19). The Morgan fingerprint density at radius 3 is 2.38 bits per heavy atom. The molecule has 0 saturated heterocycles. The molecule has 0 amide bonds. The molecule has 0 saturated carbocycles. The number of nitrogens with one attached hydrogen (secondary N) is 1. The summed E-state index contributed by atoms with van der Waals surface area (Å²) >= 11 is 0. The van der Waals surface area contributed by atoms with Gasteiger partial charge in [0.15, 0.2) is 11.5 Å². The fraction of sp³-hybridized carbons (Fsp3) is 0.267. The van der Waals surface area contributed by atoms with E-state index in [1.807, 2.05) is 68.0 Å². The molecule has 0 spiro atoms. The molecule has 0 aliphatic carbocycles. The highest BCUT2D eigenvalue weighted by Gasteiger charge is 2.17. The summed E-state index contributed by atoms with van der Waals surface area (Å²) in [6.07, 6.45) is 0. The van der Waals surface area contributed by atoms with Gasteiger partial charge < -0.3 is 14.8 Å². The molecular formula is C15H18N6. The molecule has 21 heavy (non-hydrogen) atoms. The monoisotopic (exact) mass is 282 g/mol. The smallest absolute Gasteiger partial charge is 0.228 e. The maximum Gasteiger partial charge on any atom is 0.228 e. The minimum Gasteiger partial charge on any atom is -0.371 e. The molecule has 0 radical (unpaired) electrons. The van der Waals surface area contributed by atoms with Gasteiger partial charge in [0.2, 0.25) is 5.95 Å². The van der Waals surface area contributed by atoms with Crippen molar-refractivity contribution in [2.45, 2.75) is 0 Å². The van der Waals surface area contributed by atoms with Crippen molar-refractivity contribution in [3.8, 4) is 11.4 Å². The molecule has 0 atom stereocenters. The van der Waals surface area contributed by atoms with E-state index in [9.17, 15) is 0 Å². The van der Waals surface area contributed by atoms with Crippen LogP contribution in [0.4, 0.5) is 11.8 Å². The van der Waals surface area contributed by atoms with Gasteiger partial charge in [-0.1, -0.05) is 30.3 Å². The molecule has 0 bridgehead atoms. The van der Waals surface area contributed by atoms with Crippen molar-refractivity contribution in [3.05, 3.63) is 30.3 Å². The summed E-state index contributed by atoms with van der Waals surface area (Å²) in [5.41, 5.74) is 2.66. The zero-order valence-corrected chi connectivity index (χ0v) is 12.6. The second-order valence-corrected chi connectivity index (χ2v) is 5.05. The topological polar surface area (TPSA) is 58.9 Å². The quantitative estimate of drug-likeness (QED) is 0.797. The molecule has 2 heterocycles. The highest BCUT2D eigenvalue weighted by molar-refractivity contribution is 5.87. The highest BCUT2D eigenvalue weighted by atomic mass is 15.3. The minimum atomic E-state index is 0.643. The number of fused-ring (bicyclic) bond motifs is 1. The van der Waals surface area contributed by atoms with Crippen LogP contribution < -0.4 is 10.2 Å². The summed E-state index contributed by atoms with van der Waals surface area (Å²) in [6.45, 7) is 0. The van der Waals surface area contributed by atoms with Gasteiger partial charge in [-0.05, 0) is 0 Å². The Kier molecular flexibility index (Phi) is 3.21. The van der Waals surface area contributed by atoms with Crippen LogP contribution in [0.15, 0.2) is 30.3 Å². The molecule has 0 aliphatic heterocycles. The van der Waals surface area contributed by atoms with E-state index in [0.717, 1.165) is 22.7 Å². The number of imidazole rings is 1. The van der Waals surface area contributed by atoms with Gasteiger partial charge in [0.05, 0.1) is 0 Å². The summed E-state index contributed by atoms with van der Waals surface area (Å²) in [6, 6.07) is 10.1. The molecule has 6 nitrogen and oxygen atoms in total. The number of rotatable bonds is 3. The van der Waals surface area contributed by atoms with Gasteiger partial charge in [0.25, 0.3) is 0 Å².